The van der Waals surface area contributed by atoms with Crippen molar-refractivity contribution in [3.8, 4) is 0 Å². The second-order valence-corrected chi connectivity index (χ2v) is 9.21. The smallest absolute Gasteiger partial charge is 0.265 e. The van der Waals surface area contributed by atoms with Crippen LogP contribution >= 0.6 is 22.9 Å². The molecule has 2 aromatic rings. The number of rotatable bonds is 5. The van der Waals surface area contributed by atoms with Crippen molar-refractivity contribution in [3.05, 3.63) is 51.2 Å². The predicted molar refractivity (Wildman–Crippen MR) is 99.6 cm³/mol. The molecule has 0 bridgehead atoms. The average molecular weight is 399 g/mol. The third kappa shape index (κ3) is 3.74. The Labute approximate surface area is 156 Å². The summed E-state index contributed by atoms with van der Waals surface area (Å²) in [5.41, 5.74) is 0.820. The van der Waals surface area contributed by atoms with E-state index in [0.29, 0.717) is 24.7 Å². The number of carbonyl (C=O) groups excluding carboxylic acids is 1. The molecule has 5 nitrogen and oxygen atoms in total. The van der Waals surface area contributed by atoms with Gasteiger partial charge in [0.2, 0.25) is 10.0 Å². The Morgan fingerprint density at radius 1 is 1.24 bits per heavy atom. The molecule has 1 aromatic carbocycles. The largest absolute Gasteiger partial charge is 0.337 e. The van der Waals surface area contributed by atoms with E-state index >= 15 is 0 Å². The van der Waals surface area contributed by atoms with Gasteiger partial charge in [-0.25, -0.2) is 8.42 Å². The molecule has 8 heteroatoms. The number of hydrogen-bond acceptors (Lipinski definition) is 4. The van der Waals surface area contributed by atoms with Crippen molar-refractivity contribution in [1.29, 1.82) is 0 Å². The molecule has 0 radical (unpaired) electrons. The van der Waals surface area contributed by atoms with E-state index in [1.165, 1.54) is 15.3 Å². The zero-order chi connectivity index (χ0) is 18.0. The van der Waals surface area contributed by atoms with Gasteiger partial charge in [0.25, 0.3) is 5.91 Å². The van der Waals surface area contributed by atoms with Crippen LogP contribution in [0.3, 0.4) is 0 Å². The summed E-state index contributed by atoms with van der Waals surface area (Å²) in [5.74, 6) is -0.312. The van der Waals surface area contributed by atoms with Crippen LogP contribution in [-0.2, 0) is 16.6 Å². The Morgan fingerprint density at radius 2 is 1.92 bits per heavy atom. The van der Waals surface area contributed by atoms with E-state index in [9.17, 15) is 13.2 Å². The minimum absolute atomic E-state index is 0.107. The van der Waals surface area contributed by atoms with Crippen LogP contribution in [-0.4, -0.2) is 43.7 Å². The molecular weight excluding hydrogens is 380 g/mol. The van der Waals surface area contributed by atoms with Crippen molar-refractivity contribution in [2.45, 2.75) is 24.3 Å². The average Bonchev–Trinajstić information content (AvgIpc) is 3.28. The predicted octanol–water partition coefficient (Wildman–Crippen LogP) is 3.46. The molecule has 1 aromatic heterocycles. The van der Waals surface area contributed by atoms with E-state index < -0.39 is 10.0 Å². The minimum atomic E-state index is -3.62. The molecule has 1 fully saturated rings. The van der Waals surface area contributed by atoms with Crippen LogP contribution in [0.25, 0.3) is 0 Å². The molecule has 0 spiro atoms. The summed E-state index contributed by atoms with van der Waals surface area (Å²) in [7, 11) is -1.96. The lowest BCUT2D eigenvalue weighted by Crippen LogP contribution is -2.31. The van der Waals surface area contributed by atoms with Crippen molar-refractivity contribution >= 4 is 38.9 Å². The summed E-state index contributed by atoms with van der Waals surface area (Å²) in [6.45, 7) is 1.35. The molecule has 1 saturated heterocycles. The molecular formula is C17H19ClN2O3S2. The number of benzene rings is 1. The fourth-order valence-electron chi connectivity index (χ4n) is 2.85. The van der Waals surface area contributed by atoms with Gasteiger partial charge < -0.3 is 4.90 Å². The molecule has 25 heavy (non-hydrogen) atoms. The van der Waals surface area contributed by atoms with Gasteiger partial charge in [-0.05, 0) is 35.9 Å². The molecule has 2 heterocycles. The number of thiophene rings is 1. The lowest BCUT2D eigenvalue weighted by Gasteiger charge is -2.20. The summed E-state index contributed by atoms with van der Waals surface area (Å²) < 4.78 is 27.1. The second kappa shape index (κ2) is 7.45. The lowest BCUT2D eigenvalue weighted by atomic mass is 10.2. The van der Waals surface area contributed by atoms with Crippen molar-refractivity contribution in [2.75, 3.05) is 20.1 Å². The van der Waals surface area contributed by atoms with Crippen LogP contribution in [0.5, 0.6) is 0 Å². The van der Waals surface area contributed by atoms with E-state index in [1.54, 1.807) is 18.5 Å². The maximum Gasteiger partial charge on any atom is 0.265 e. The van der Waals surface area contributed by atoms with Gasteiger partial charge in [0.05, 0.1) is 0 Å². The fraction of sp³-hybridized carbons (Fsp3) is 0.353. The molecule has 0 aliphatic carbocycles. The molecule has 0 atom stereocenters. The Bertz CT molecular complexity index is 874. The summed E-state index contributed by atoms with van der Waals surface area (Å²) in [6, 6.07) is 8.82. The first kappa shape index (κ1) is 18.4. The minimum Gasteiger partial charge on any atom is -0.337 e. The van der Waals surface area contributed by atoms with Gasteiger partial charge in [-0.15, -0.1) is 11.3 Å². The quantitative estimate of drug-likeness (QED) is 0.774. The third-order valence-electron chi connectivity index (χ3n) is 4.22. The molecule has 0 N–H and O–H groups in total. The van der Waals surface area contributed by atoms with E-state index in [4.69, 9.17) is 11.6 Å². The molecule has 0 saturated carbocycles. The van der Waals surface area contributed by atoms with Crippen molar-refractivity contribution in [3.63, 3.8) is 0 Å². The van der Waals surface area contributed by atoms with Crippen LogP contribution in [0.4, 0.5) is 0 Å². The fourth-order valence-corrected chi connectivity index (χ4v) is 5.95. The molecule has 134 valence electrons. The second-order valence-electron chi connectivity index (χ2n) is 5.98. The molecule has 1 aliphatic rings. The third-order valence-corrected chi connectivity index (χ3v) is 7.56. The summed E-state index contributed by atoms with van der Waals surface area (Å²) in [5, 5.41) is 2.23. The molecule has 1 aliphatic heterocycles. The van der Waals surface area contributed by atoms with E-state index in [2.05, 4.69) is 0 Å². The number of hydrogen-bond donors (Lipinski definition) is 0. The van der Waals surface area contributed by atoms with Crippen LogP contribution in [0.1, 0.15) is 28.1 Å². The van der Waals surface area contributed by atoms with E-state index in [-0.39, 0.29) is 15.7 Å². The summed E-state index contributed by atoms with van der Waals surface area (Å²) >= 11 is 7.31. The molecule has 3 rings (SSSR count). The first-order chi connectivity index (χ1) is 11.9. The SMILES string of the molecule is CN(Cc1ccccc1Cl)C(=O)c1sccc1S(=O)(=O)N1CCCC1. The van der Waals surface area contributed by atoms with Gasteiger partial charge in [-0.1, -0.05) is 29.8 Å². The number of carbonyl (C=O) groups is 1. The zero-order valence-corrected chi connectivity index (χ0v) is 16.2. The highest BCUT2D eigenvalue weighted by molar-refractivity contribution is 7.89. The Kier molecular flexibility index (Phi) is 5.48. The highest BCUT2D eigenvalue weighted by Crippen LogP contribution is 2.29. The van der Waals surface area contributed by atoms with Crippen LogP contribution in [0.2, 0.25) is 5.02 Å². The lowest BCUT2D eigenvalue weighted by molar-refractivity contribution is 0.0786. The van der Waals surface area contributed by atoms with Crippen LogP contribution in [0, 0.1) is 0 Å². The Hall–Kier alpha value is -1.41. The normalized spacial score (nSPS) is 15.4. The Morgan fingerprint density at radius 3 is 2.60 bits per heavy atom. The van der Waals surface area contributed by atoms with Crippen LogP contribution < -0.4 is 0 Å². The first-order valence-electron chi connectivity index (χ1n) is 7.98. The number of halogens is 1. The maximum atomic E-state index is 12.8. The number of sulfonamides is 1. The standard InChI is InChI=1S/C17H19ClN2O3S2/c1-19(12-13-6-2-3-7-14(13)18)17(21)16-15(8-11-24-16)25(22,23)20-9-4-5-10-20/h2-3,6-8,11H,4-5,9-10,12H2,1H3. The summed E-state index contributed by atoms with van der Waals surface area (Å²) in [6.07, 6.45) is 1.72. The van der Waals surface area contributed by atoms with Crippen molar-refractivity contribution in [2.24, 2.45) is 0 Å². The van der Waals surface area contributed by atoms with Gasteiger partial charge in [-0.3, -0.25) is 4.79 Å². The molecule has 0 unspecified atom stereocenters. The summed E-state index contributed by atoms with van der Waals surface area (Å²) in [4.78, 5) is 14.7. The topological polar surface area (TPSA) is 57.7 Å². The number of amides is 1. The van der Waals surface area contributed by atoms with Gasteiger partial charge >= 0.3 is 0 Å². The highest BCUT2D eigenvalue weighted by Gasteiger charge is 2.32. The van der Waals surface area contributed by atoms with Crippen LogP contribution in [0.15, 0.2) is 40.6 Å². The van der Waals surface area contributed by atoms with Gasteiger partial charge in [0, 0.05) is 31.7 Å². The highest BCUT2D eigenvalue weighted by atomic mass is 35.5. The van der Waals surface area contributed by atoms with Gasteiger partial charge in [-0.2, -0.15) is 4.31 Å². The van der Waals surface area contributed by atoms with E-state index in [0.717, 1.165) is 29.7 Å². The first-order valence-corrected chi connectivity index (χ1v) is 10.7. The van der Waals surface area contributed by atoms with Crippen molar-refractivity contribution < 1.29 is 13.2 Å². The number of nitrogens with zero attached hydrogens (tertiary/aromatic N) is 2. The van der Waals surface area contributed by atoms with E-state index in [1.807, 2.05) is 18.2 Å². The molecule has 1 amide bonds. The van der Waals surface area contributed by atoms with Gasteiger partial charge in [0.15, 0.2) is 0 Å². The maximum absolute atomic E-state index is 12.8. The van der Waals surface area contributed by atoms with Crippen molar-refractivity contribution in [1.82, 2.24) is 9.21 Å². The monoisotopic (exact) mass is 398 g/mol. The van der Waals surface area contributed by atoms with Gasteiger partial charge in [0.1, 0.15) is 9.77 Å². The Balaban J connectivity index is 1.84. The zero-order valence-electron chi connectivity index (χ0n) is 13.8.